The first-order chi connectivity index (χ1) is 16.5. The quantitative estimate of drug-likeness (QED) is 0.510. The predicted octanol–water partition coefficient (Wildman–Crippen LogP) is 4.51. The number of anilines is 1. The third kappa shape index (κ3) is 4.01. The molecule has 2 aliphatic rings. The lowest BCUT2D eigenvalue weighted by Gasteiger charge is -2.27. The minimum atomic E-state index is -0.851. The first kappa shape index (κ1) is 21.7. The minimum absolute atomic E-state index is 0.0546. The molecular weight excluding hydrogens is 432 g/mol. The third-order valence-corrected chi connectivity index (χ3v) is 6.78. The summed E-state index contributed by atoms with van der Waals surface area (Å²) < 4.78 is 7.68. The average molecular weight is 457 g/mol. The van der Waals surface area contributed by atoms with Crippen LogP contribution in [-0.2, 0) is 21.4 Å². The van der Waals surface area contributed by atoms with Crippen molar-refractivity contribution < 1.29 is 19.4 Å². The molecule has 8 heteroatoms. The Bertz CT molecular complexity index is 1290. The zero-order valence-electron chi connectivity index (χ0n) is 18.5. The van der Waals surface area contributed by atoms with E-state index in [9.17, 15) is 9.59 Å². The molecule has 0 bridgehead atoms. The normalized spacial score (nSPS) is 20.1. The Hall–Kier alpha value is -4.12. The molecule has 8 nitrogen and oxygen atoms in total. The molecule has 3 aromatic rings. The number of aliphatic carboxylic acids is 1. The van der Waals surface area contributed by atoms with Crippen LogP contribution in [0.1, 0.15) is 36.8 Å². The highest BCUT2D eigenvalue weighted by Crippen LogP contribution is 2.61. The fourth-order valence-corrected chi connectivity index (χ4v) is 4.92. The van der Waals surface area contributed by atoms with Crippen molar-refractivity contribution in [1.29, 1.82) is 0 Å². The van der Waals surface area contributed by atoms with E-state index < -0.39 is 5.97 Å². The largest absolute Gasteiger partial charge is 0.493 e. The molecular formula is C26H24N4O4. The van der Waals surface area contributed by atoms with Gasteiger partial charge in [-0.15, -0.1) is 0 Å². The van der Waals surface area contributed by atoms with Crippen molar-refractivity contribution in [2.45, 2.75) is 37.5 Å². The number of aryl methyl sites for hydroxylation is 1. The molecule has 2 atom stereocenters. The molecule has 2 N–H and O–H groups in total. The molecule has 1 aliphatic carbocycles. The Morgan fingerprint density at radius 3 is 2.94 bits per heavy atom. The SMILES string of the molecule is [C-]#[N+]c1ccc(CCCC(=O)O)c(NC(=O)[C@@H]2C[C@]23CCOc2ccc(-n4cccn4)cc23)c1. The minimum Gasteiger partial charge on any atom is -0.493 e. The third-order valence-electron chi connectivity index (χ3n) is 6.78. The fraction of sp³-hybridized carbons (Fsp3) is 0.308. The first-order valence-electron chi connectivity index (χ1n) is 11.3. The topological polar surface area (TPSA) is 97.8 Å². The van der Waals surface area contributed by atoms with Crippen LogP contribution < -0.4 is 10.1 Å². The number of benzene rings is 2. The van der Waals surface area contributed by atoms with Gasteiger partial charge in [0.25, 0.3) is 0 Å². The van der Waals surface area contributed by atoms with Crippen LogP contribution in [0.5, 0.6) is 5.75 Å². The van der Waals surface area contributed by atoms with Crippen LogP contribution >= 0.6 is 0 Å². The van der Waals surface area contributed by atoms with Crippen LogP contribution in [-0.4, -0.2) is 33.4 Å². The highest BCUT2D eigenvalue weighted by Gasteiger charge is 2.61. The number of rotatable bonds is 7. The average Bonchev–Trinajstić information content (AvgIpc) is 3.28. The lowest BCUT2D eigenvalue weighted by molar-refractivity contribution is -0.137. The molecule has 2 heterocycles. The van der Waals surface area contributed by atoms with Gasteiger partial charge in [0.1, 0.15) is 5.75 Å². The van der Waals surface area contributed by atoms with Crippen molar-refractivity contribution in [3.8, 4) is 11.4 Å². The number of carbonyl (C=O) groups is 2. The van der Waals surface area contributed by atoms with Gasteiger partial charge >= 0.3 is 5.97 Å². The zero-order chi connectivity index (χ0) is 23.7. The highest BCUT2D eigenvalue weighted by atomic mass is 16.5. The summed E-state index contributed by atoms with van der Waals surface area (Å²) in [5, 5.41) is 16.3. The second-order valence-corrected chi connectivity index (χ2v) is 8.83. The van der Waals surface area contributed by atoms with Gasteiger partial charge in [0.2, 0.25) is 5.91 Å². The van der Waals surface area contributed by atoms with Gasteiger partial charge in [-0.2, -0.15) is 5.10 Å². The first-order valence-corrected chi connectivity index (χ1v) is 11.3. The van der Waals surface area contributed by atoms with E-state index >= 15 is 0 Å². The number of hydrogen-bond acceptors (Lipinski definition) is 4. The maximum Gasteiger partial charge on any atom is 0.303 e. The second-order valence-electron chi connectivity index (χ2n) is 8.83. The van der Waals surface area contributed by atoms with E-state index in [2.05, 4.69) is 21.3 Å². The van der Waals surface area contributed by atoms with E-state index in [0.717, 1.165) is 35.4 Å². The summed E-state index contributed by atoms with van der Waals surface area (Å²) in [6.07, 6.45) is 6.13. The van der Waals surface area contributed by atoms with E-state index in [0.29, 0.717) is 30.8 Å². The van der Waals surface area contributed by atoms with Crippen LogP contribution in [0.25, 0.3) is 10.5 Å². The van der Waals surface area contributed by atoms with Gasteiger partial charge in [-0.3, -0.25) is 9.59 Å². The number of aromatic nitrogens is 2. The molecule has 1 aliphatic heterocycles. The lowest BCUT2D eigenvalue weighted by atomic mass is 9.87. The molecule has 5 rings (SSSR count). The molecule has 0 unspecified atom stereocenters. The maximum atomic E-state index is 13.4. The van der Waals surface area contributed by atoms with Crippen molar-refractivity contribution in [2.24, 2.45) is 5.92 Å². The van der Waals surface area contributed by atoms with Crippen molar-refractivity contribution >= 4 is 23.3 Å². The number of fused-ring (bicyclic) bond motifs is 2. The van der Waals surface area contributed by atoms with Gasteiger partial charge in [0.15, 0.2) is 5.69 Å². The molecule has 1 saturated carbocycles. The Labute approximate surface area is 197 Å². The van der Waals surface area contributed by atoms with E-state index in [1.54, 1.807) is 29.1 Å². The summed E-state index contributed by atoms with van der Waals surface area (Å²) in [6, 6.07) is 13.0. The molecule has 2 aromatic carbocycles. The summed E-state index contributed by atoms with van der Waals surface area (Å²) in [4.78, 5) is 27.7. The summed E-state index contributed by atoms with van der Waals surface area (Å²) in [6.45, 7) is 7.87. The van der Waals surface area contributed by atoms with Crippen molar-refractivity contribution in [2.75, 3.05) is 11.9 Å². The van der Waals surface area contributed by atoms with Gasteiger partial charge in [-0.05, 0) is 61.6 Å². The Balaban J connectivity index is 1.38. The predicted molar refractivity (Wildman–Crippen MR) is 125 cm³/mol. The van der Waals surface area contributed by atoms with Crippen LogP contribution in [0, 0.1) is 12.5 Å². The van der Waals surface area contributed by atoms with Gasteiger partial charge in [0, 0.05) is 41.4 Å². The van der Waals surface area contributed by atoms with Gasteiger partial charge in [-0.25, -0.2) is 9.53 Å². The standard InChI is InChI=1S/C26H24N4O4/c1-27-18-7-6-17(4-2-5-24(31)32)22(14-18)29-25(33)21-16-26(21)10-13-34-23-9-8-19(15-20(23)26)30-12-3-11-28-30/h3,6-9,11-12,14-15,21H,2,4-5,10,13,16H2,(H,29,33)(H,31,32)/t21-,26-/m0/s1. The number of ether oxygens (including phenoxy) is 1. The summed E-state index contributed by atoms with van der Waals surface area (Å²) in [5.41, 5.74) is 3.53. The number of carboxylic acid groups (broad SMARTS) is 1. The second kappa shape index (κ2) is 8.67. The number of carbonyl (C=O) groups excluding carboxylic acids is 1. The molecule has 0 saturated heterocycles. The molecule has 1 spiro atoms. The van der Waals surface area contributed by atoms with Gasteiger partial charge in [0.05, 0.1) is 18.9 Å². The molecule has 1 fully saturated rings. The number of nitrogens with one attached hydrogen (secondary N) is 1. The highest BCUT2D eigenvalue weighted by molar-refractivity contribution is 5.97. The van der Waals surface area contributed by atoms with E-state index in [1.165, 1.54) is 0 Å². The van der Waals surface area contributed by atoms with E-state index in [1.807, 2.05) is 24.4 Å². The number of amides is 1. The van der Waals surface area contributed by atoms with E-state index in [-0.39, 0.29) is 23.7 Å². The Morgan fingerprint density at radius 2 is 2.18 bits per heavy atom. The Kier molecular flexibility index (Phi) is 5.54. The summed E-state index contributed by atoms with van der Waals surface area (Å²) >= 11 is 0. The fourth-order valence-electron chi connectivity index (χ4n) is 4.92. The molecule has 1 aromatic heterocycles. The monoisotopic (exact) mass is 456 g/mol. The summed E-state index contributed by atoms with van der Waals surface area (Å²) in [7, 11) is 0. The lowest BCUT2D eigenvalue weighted by Crippen LogP contribution is -2.27. The molecule has 172 valence electrons. The van der Waals surface area contributed by atoms with Crippen molar-refractivity contribution in [1.82, 2.24) is 9.78 Å². The summed E-state index contributed by atoms with van der Waals surface area (Å²) in [5.74, 6) is -0.330. The Morgan fingerprint density at radius 1 is 1.29 bits per heavy atom. The van der Waals surface area contributed by atoms with Crippen LogP contribution in [0.2, 0.25) is 0 Å². The molecule has 0 radical (unpaired) electrons. The van der Waals surface area contributed by atoms with E-state index in [4.69, 9.17) is 16.4 Å². The number of nitrogens with zero attached hydrogens (tertiary/aromatic N) is 3. The van der Waals surface area contributed by atoms with Gasteiger partial charge in [-0.1, -0.05) is 12.1 Å². The van der Waals surface area contributed by atoms with Crippen LogP contribution in [0.15, 0.2) is 54.9 Å². The smallest absolute Gasteiger partial charge is 0.303 e. The van der Waals surface area contributed by atoms with Crippen LogP contribution in [0.3, 0.4) is 0 Å². The molecule has 1 amide bonds. The zero-order valence-corrected chi connectivity index (χ0v) is 18.5. The number of hydrogen-bond donors (Lipinski definition) is 2. The van der Waals surface area contributed by atoms with Crippen LogP contribution in [0.4, 0.5) is 11.4 Å². The van der Waals surface area contributed by atoms with Crippen molar-refractivity contribution in [3.05, 3.63) is 77.4 Å². The van der Waals surface area contributed by atoms with Gasteiger partial charge < -0.3 is 15.2 Å². The molecule has 34 heavy (non-hydrogen) atoms. The number of carboxylic acids is 1. The van der Waals surface area contributed by atoms with Crippen molar-refractivity contribution in [3.63, 3.8) is 0 Å². The maximum absolute atomic E-state index is 13.4.